The smallest absolute Gasteiger partial charge is 0.871 e. The second kappa shape index (κ2) is 12.9. The van der Waals surface area contributed by atoms with Crippen LogP contribution in [-0.2, 0) is 10.1 Å². The third-order valence-electron chi connectivity index (χ3n) is 4.02. The van der Waals surface area contributed by atoms with Crippen LogP contribution in [0.5, 0.6) is 5.75 Å². The van der Waals surface area contributed by atoms with Gasteiger partial charge in [-0.1, -0.05) is 5.75 Å². The van der Waals surface area contributed by atoms with E-state index in [0.29, 0.717) is 0 Å². The summed E-state index contributed by atoms with van der Waals surface area (Å²) in [4.78, 5) is 21.0. The Morgan fingerprint density at radius 2 is 1.31 bits per heavy atom. The zero-order valence-corrected chi connectivity index (χ0v) is 23.0. The van der Waals surface area contributed by atoms with Crippen LogP contribution in [0.15, 0.2) is 86.0 Å². The quantitative estimate of drug-likeness (QED) is 0.113. The number of hydrogen-bond acceptors (Lipinski definition) is 11. The third kappa shape index (κ3) is 8.26. The summed E-state index contributed by atoms with van der Waals surface area (Å²) in [6, 6.07) is 11.6. The van der Waals surface area contributed by atoms with E-state index in [4.69, 9.17) is 4.55 Å². The number of carboxylic acid groups (broad SMARTS) is 1. The van der Waals surface area contributed by atoms with E-state index < -0.39 is 38.0 Å². The molecule has 0 radical (unpaired) electrons. The van der Waals surface area contributed by atoms with Crippen molar-refractivity contribution < 1.29 is 92.0 Å². The van der Waals surface area contributed by atoms with Crippen LogP contribution >= 0.6 is 0 Å². The van der Waals surface area contributed by atoms with Crippen molar-refractivity contribution in [2.75, 3.05) is 0 Å². The molecule has 0 aliphatic carbocycles. The molecule has 3 aromatic carbocycles. The van der Waals surface area contributed by atoms with E-state index in [1.807, 2.05) is 0 Å². The van der Waals surface area contributed by atoms with Gasteiger partial charge in [-0.3, -0.25) is 14.7 Å². The summed E-state index contributed by atoms with van der Waals surface area (Å²) in [5.41, 5.74) is -1.08. The first kappa shape index (κ1) is 30.5. The van der Waals surface area contributed by atoms with Gasteiger partial charge in [0.25, 0.3) is 15.8 Å². The minimum Gasteiger partial charge on any atom is -0.871 e. The Morgan fingerprint density at radius 3 is 1.80 bits per heavy atom. The van der Waals surface area contributed by atoms with Crippen LogP contribution in [0.25, 0.3) is 0 Å². The molecule has 0 saturated carbocycles. The van der Waals surface area contributed by atoms with Crippen molar-refractivity contribution in [2.45, 2.75) is 4.90 Å². The summed E-state index contributed by atoms with van der Waals surface area (Å²) in [5, 5.41) is 49.4. The van der Waals surface area contributed by atoms with Crippen LogP contribution in [-0.4, -0.2) is 23.9 Å². The fourth-order valence-electron chi connectivity index (χ4n) is 2.44. The molecular weight excluding hydrogens is 504 g/mol. The number of carboxylic acids is 1. The van der Waals surface area contributed by atoms with Gasteiger partial charge in [-0.25, -0.2) is 0 Å². The molecule has 3 aromatic rings. The maximum Gasteiger partial charge on any atom is 1.00 e. The Balaban J connectivity index is 0.00000306. The van der Waals surface area contributed by atoms with Crippen molar-refractivity contribution in [3.63, 3.8) is 0 Å². The van der Waals surface area contributed by atoms with Crippen molar-refractivity contribution in [1.82, 2.24) is 0 Å². The number of non-ortho nitro benzene ring substituents is 1. The first-order valence-electron chi connectivity index (χ1n) is 8.76. The first-order valence-corrected chi connectivity index (χ1v) is 10.2. The molecule has 0 saturated heterocycles. The van der Waals surface area contributed by atoms with E-state index >= 15 is 0 Å². The molecule has 1 N–H and O–H groups in total. The van der Waals surface area contributed by atoms with Crippen LogP contribution in [0.2, 0.25) is 0 Å². The van der Waals surface area contributed by atoms with Gasteiger partial charge in [0.1, 0.15) is 0 Å². The van der Waals surface area contributed by atoms with Gasteiger partial charge in [-0.15, -0.1) is 0 Å². The summed E-state index contributed by atoms with van der Waals surface area (Å²) in [6.07, 6.45) is 0. The molecule has 0 spiro atoms. The standard InChI is InChI=1S/C19H13N5O8S.2Na/c25-18-16(19(26)27)9-13(22-20-12-3-7-15(8-4-12)33(30,31)32)10-17(18)23-21-11-1-5-14(6-2-11)24(28)29;;/h1-10,25H,(H,26,27)(H,30,31,32);;/q;2*+1/p-2. The number of aromatic carboxylic acids is 1. The average molecular weight is 515 g/mol. The van der Waals surface area contributed by atoms with Gasteiger partial charge in [-0.2, -0.15) is 28.9 Å². The van der Waals surface area contributed by atoms with E-state index in [1.54, 1.807) is 0 Å². The Labute approximate surface area is 242 Å². The average Bonchev–Trinajstić information content (AvgIpc) is 2.77. The van der Waals surface area contributed by atoms with E-state index in [-0.39, 0.29) is 86.8 Å². The number of nitrogens with zero attached hydrogens (tertiary/aromatic N) is 5. The van der Waals surface area contributed by atoms with Crippen molar-refractivity contribution in [3.05, 3.63) is 76.3 Å². The molecule has 0 fully saturated rings. The maximum atomic E-state index is 12.3. The minimum atomic E-state index is -4.38. The summed E-state index contributed by atoms with van der Waals surface area (Å²) in [7, 11) is -4.38. The summed E-state index contributed by atoms with van der Waals surface area (Å²) in [5.74, 6) is -2.77. The summed E-state index contributed by atoms with van der Waals surface area (Å²) in [6.45, 7) is 0. The number of hydrogen-bond donors (Lipinski definition) is 1. The van der Waals surface area contributed by atoms with Gasteiger partial charge >= 0.3 is 59.1 Å². The predicted molar refractivity (Wildman–Crippen MR) is 108 cm³/mol. The zero-order chi connectivity index (χ0) is 24.2. The number of azo groups is 2. The number of nitro benzene ring substituents is 1. The van der Waals surface area contributed by atoms with E-state index in [2.05, 4.69) is 20.5 Å². The Morgan fingerprint density at radius 1 is 0.829 bits per heavy atom. The molecule has 0 atom stereocenters. The topological polar surface area (TPSA) is 210 Å². The van der Waals surface area contributed by atoms with E-state index in [1.165, 1.54) is 36.4 Å². The maximum absolute atomic E-state index is 12.3. The normalized spacial score (nSPS) is 11.1. The molecule has 13 nitrogen and oxygen atoms in total. The van der Waals surface area contributed by atoms with E-state index in [9.17, 15) is 33.5 Å². The molecule has 0 amide bonds. The molecular formula is C19H11N5Na2O8S. The van der Waals surface area contributed by atoms with Gasteiger partial charge in [0, 0.05) is 12.1 Å². The van der Waals surface area contributed by atoms with Crippen molar-refractivity contribution in [3.8, 4) is 5.75 Å². The number of carbonyl (C=O) groups excluding carboxylic acids is 1. The molecule has 0 aliphatic rings. The second-order valence-electron chi connectivity index (χ2n) is 6.27. The molecule has 0 unspecified atom stereocenters. The Bertz CT molecular complexity index is 1400. The second-order valence-corrected chi connectivity index (χ2v) is 7.69. The van der Waals surface area contributed by atoms with Gasteiger partial charge in [0.15, 0.2) is 0 Å². The number of benzene rings is 3. The Kier molecular flexibility index (Phi) is 11.3. The van der Waals surface area contributed by atoms with Gasteiger partial charge in [0.2, 0.25) is 0 Å². The molecule has 0 aromatic heterocycles. The minimum absolute atomic E-state index is 0. The molecule has 16 heteroatoms. The molecule has 3 rings (SSSR count). The molecule has 0 heterocycles. The van der Waals surface area contributed by atoms with Crippen molar-refractivity contribution in [1.29, 1.82) is 0 Å². The number of rotatable bonds is 7. The SMILES string of the molecule is O=C([O-])c1cc(N=Nc2ccc(S(=O)(=O)O)cc2)cc(N=Nc2ccc([N+](=O)[O-])cc2)c1[O-].[Na+].[Na+]. The summed E-state index contributed by atoms with van der Waals surface area (Å²) >= 11 is 0. The molecule has 0 bridgehead atoms. The fraction of sp³-hybridized carbons (Fsp3) is 0. The molecule has 168 valence electrons. The summed E-state index contributed by atoms with van der Waals surface area (Å²) < 4.78 is 31.1. The van der Waals surface area contributed by atoms with Gasteiger partial charge in [-0.05, 0) is 54.1 Å². The fourth-order valence-corrected chi connectivity index (χ4v) is 2.92. The monoisotopic (exact) mass is 515 g/mol. The number of nitro groups is 1. The zero-order valence-electron chi connectivity index (χ0n) is 18.2. The van der Waals surface area contributed by atoms with Crippen molar-refractivity contribution in [2.24, 2.45) is 20.5 Å². The molecule has 35 heavy (non-hydrogen) atoms. The van der Waals surface area contributed by atoms with Crippen LogP contribution in [0.4, 0.5) is 28.4 Å². The predicted octanol–water partition coefficient (Wildman–Crippen LogP) is -2.88. The van der Waals surface area contributed by atoms with Crippen LogP contribution in [0.3, 0.4) is 0 Å². The first-order chi connectivity index (χ1) is 15.5. The van der Waals surface area contributed by atoms with Crippen LogP contribution in [0.1, 0.15) is 10.4 Å². The number of carbonyl (C=O) groups is 1. The van der Waals surface area contributed by atoms with Crippen LogP contribution in [0, 0.1) is 10.1 Å². The molecule has 0 aliphatic heterocycles. The van der Waals surface area contributed by atoms with Gasteiger partial charge in [0.05, 0.1) is 38.5 Å². The largest absolute Gasteiger partial charge is 1.00 e. The van der Waals surface area contributed by atoms with Crippen molar-refractivity contribution >= 4 is 44.5 Å². The third-order valence-corrected chi connectivity index (χ3v) is 4.89. The van der Waals surface area contributed by atoms with Gasteiger partial charge < -0.3 is 15.0 Å². The Hall–Kier alpha value is -2.56. The van der Waals surface area contributed by atoms with E-state index in [0.717, 1.165) is 24.3 Å². The van der Waals surface area contributed by atoms with Crippen LogP contribution < -0.4 is 69.3 Å².